The molecule has 0 heterocycles. The fraction of sp³-hybridized carbons (Fsp3) is 0.667. The molecule has 0 atom stereocenters. The van der Waals surface area contributed by atoms with Gasteiger partial charge in [0.05, 0.1) is 0 Å². The van der Waals surface area contributed by atoms with E-state index in [-0.39, 0.29) is 0 Å². The Labute approximate surface area is 63.9 Å². The van der Waals surface area contributed by atoms with Crippen molar-refractivity contribution in [2.24, 2.45) is 4.99 Å². The smallest absolute Gasteiger partial charge is 0.0386 e. The molecule has 0 bridgehead atoms. The van der Waals surface area contributed by atoms with Crippen molar-refractivity contribution in [1.29, 1.82) is 0 Å². The van der Waals surface area contributed by atoms with E-state index in [2.05, 4.69) is 24.9 Å². The van der Waals surface area contributed by atoms with Gasteiger partial charge in [0.1, 0.15) is 0 Å². The molecule has 0 aliphatic heterocycles. The Balaban J connectivity index is 3.15. The summed E-state index contributed by atoms with van der Waals surface area (Å²) in [6, 6.07) is 0. The van der Waals surface area contributed by atoms with Crippen LogP contribution >= 0.6 is 0 Å². The van der Waals surface area contributed by atoms with Crippen LogP contribution in [0.2, 0.25) is 0 Å². The van der Waals surface area contributed by atoms with Gasteiger partial charge in [0, 0.05) is 12.8 Å². The summed E-state index contributed by atoms with van der Waals surface area (Å²) < 4.78 is 0. The minimum Gasteiger partial charge on any atom is -0.293 e. The summed E-state index contributed by atoms with van der Waals surface area (Å²) in [5.74, 6) is 0. The minimum absolute atomic E-state index is 0.955. The molecule has 0 aliphatic rings. The monoisotopic (exact) mass is 139 g/mol. The second-order valence-electron chi connectivity index (χ2n) is 2.27. The summed E-state index contributed by atoms with van der Waals surface area (Å²) in [6.45, 7) is 5.26. The van der Waals surface area contributed by atoms with Gasteiger partial charge < -0.3 is 0 Å². The highest BCUT2D eigenvalue weighted by Crippen LogP contribution is 1.86. The van der Waals surface area contributed by atoms with Crippen molar-refractivity contribution >= 4 is 6.21 Å². The Morgan fingerprint density at radius 3 is 2.60 bits per heavy atom. The summed E-state index contributed by atoms with van der Waals surface area (Å²) in [7, 11) is 0. The van der Waals surface area contributed by atoms with E-state index in [1.54, 1.807) is 0 Å². The normalized spacial score (nSPS) is 11.8. The van der Waals surface area contributed by atoms with Crippen molar-refractivity contribution in [3.8, 4) is 0 Å². The van der Waals surface area contributed by atoms with Gasteiger partial charge in [0.15, 0.2) is 0 Å². The molecule has 58 valence electrons. The van der Waals surface area contributed by atoms with Crippen LogP contribution < -0.4 is 0 Å². The Morgan fingerprint density at radius 1 is 1.20 bits per heavy atom. The van der Waals surface area contributed by atoms with E-state index in [0.717, 1.165) is 19.4 Å². The average Bonchev–Trinajstić information content (AvgIpc) is 1.97. The first-order valence-electron chi connectivity index (χ1n) is 4.06. The predicted octanol–water partition coefficient (Wildman–Crippen LogP) is 2.82. The number of nitrogens with zero attached hydrogens (tertiary/aromatic N) is 1. The van der Waals surface area contributed by atoms with E-state index in [0.29, 0.717) is 0 Å². The van der Waals surface area contributed by atoms with E-state index in [1.165, 1.54) is 6.42 Å². The molecule has 0 aromatic rings. The second-order valence-corrected chi connectivity index (χ2v) is 2.27. The zero-order valence-electron chi connectivity index (χ0n) is 7.01. The lowest BCUT2D eigenvalue weighted by Gasteiger charge is -1.82. The molecule has 0 aromatic carbocycles. The highest BCUT2D eigenvalue weighted by molar-refractivity contribution is 5.70. The molecule has 0 spiro atoms. The number of rotatable bonds is 5. The molecule has 0 saturated carbocycles. The first-order valence-corrected chi connectivity index (χ1v) is 4.06. The Morgan fingerprint density at radius 2 is 2.00 bits per heavy atom. The van der Waals surface area contributed by atoms with Crippen LogP contribution in [0.25, 0.3) is 0 Å². The lowest BCUT2D eigenvalue weighted by atomic mass is 10.3. The quantitative estimate of drug-likeness (QED) is 0.519. The van der Waals surface area contributed by atoms with Gasteiger partial charge in [0.2, 0.25) is 0 Å². The van der Waals surface area contributed by atoms with Crippen molar-refractivity contribution in [3.63, 3.8) is 0 Å². The van der Waals surface area contributed by atoms with Crippen LogP contribution in [-0.4, -0.2) is 12.8 Å². The lowest BCUT2D eigenvalue weighted by Crippen LogP contribution is -1.74. The number of hydrogen-bond acceptors (Lipinski definition) is 1. The molecule has 1 heteroatoms. The van der Waals surface area contributed by atoms with E-state index in [1.807, 2.05) is 12.3 Å². The lowest BCUT2D eigenvalue weighted by molar-refractivity contribution is 0.936. The Hall–Kier alpha value is -0.590. The molecule has 10 heavy (non-hydrogen) atoms. The molecular formula is C9H17N. The molecule has 0 unspecified atom stereocenters. The minimum atomic E-state index is 0.955. The van der Waals surface area contributed by atoms with Gasteiger partial charge >= 0.3 is 0 Å². The third-order valence-electron chi connectivity index (χ3n) is 1.14. The zero-order chi connectivity index (χ0) is 7.66. The maximum atomic E-state index is 4.15. The number of allylic oxidation sites excluding steroid dienone is 2. The molecule has 0 amide bonds. The molecule has 0 fully saturated rings. The highest BCUT2D eigenvalue weighted by atomic mass is 14.7. The number of hydrogen-bond donors (Lipinski definition) is 0. The number of aliphatic imine (C=N–C) groups is 1. The number of unbranched alkanes of at least 4 members (excludes halogenated alkanes) is 1. The third-order valence-corrected chi connectivity index (χ3v) is 1.14. The third kappa shape index (κ3) is 7.41. The molecule has 0 radical (unpaired) electrons. The van der Waals surface area contributed by atoms with Crippen molar-refractivity contribution in [3.05, 3.63) is 12.2 Å². The SMILES string of the molecule is CCC/C=C/C=NCCC. The van der Waals surface area contributed by atoms with Crippen LogP contribution in [0, 0.1) is 0 Å². The van der Waals surface area contributed by atoms with E-state index in [9.17, 15) is 0 Å². The second kappa shape index (κ2) is 8.41. The van der Waals surface area contributed by atoms with Crippen molar-refractivity contribution in [1.82, 2.24) is 0 Å². The highest BCUT2D eigenvalue weighted by Gasteiger charge is 1.71. The summed E-state index contributed by atoms with van der Waals surface area (Å²) in [6.07, 6.45) is 9.59. The fourth-order valence-corrected chi connectivity index (χ4v) is 0.588. The van der Waals surface area contributed by atoms with Crippen molar-refractivity contribution < 1.29 is 0 Å². The zero-order valence-corrected chi connectivity index (χ0v) is 7.01. The summed E-state index contributed by atoms with van der Waals surface area (Å²) in [5, 5.41) is 0. The van der Waals surface area contributed by atoms with Gasteiger partial charge in [-0.05, 0) is 18.9 Å². The fourth-order valence-electron chi connectivity index (χ4n) is 0.588. The van der Waals surface area contributed by atoms with E-state index in [4.69, 9.17) is 0 Å². The molecule has 0 aromatic heterocycles. The standard InChI is InChI=1S/C9H17N/c1-3-5-6-7-9-10-8-4-2/h6-7,9H,3-5,8H2,1-2H3/b7-6+,10-9?. The van der Waals surface area contributed by atoms with E-state index >= 15 is 0 Å². The van der Waals surface area contributed by atoms with Crippen molar-refractivity contribution in [2.75, 3.05) is 6.54 Å². The van der Waals surface area contributed by atoms with Gasteiger partial charge in [-0.3, -0.25) is 4.99 Å². The summed E-state index contributed by atoms with van der Waals surface area (Å²) in [5.41, 5.74) is 0. The van der Waals surface area contributed by atoms with Crippen molar-refractivity contribution in [2.45, 2.75) is 33.1 Å². The van der Waals surface area contributed by atoms with Gasteiger partial charge in [-0.1, -0.05) is 26.3 Å². The summed E-state index contributed by atoms with van der Waals surface area (Å²) >= 11 is 0. The van der Waals surface area contributed by atoms with Crippen LogP contribution in [0.1, 0.15) is 33.1 Å². The Bertz CT molecular complexity index is 89.3. The van der Waals surface area contributed by atoms with Gasteiger partial charge in [0.25, 0.3) is 0 Å². The summed E-state index contributed by atoms with van der Waals surface area (Å²) in [4.78, 5) is 4.15. The predicted molar refractivity (Wildman–Crippen MR) is 47.7 cm³/mol. The van der Waals surface area contributed by atoms with E-state index < -0.39 is 0 Å². The molecule has 0 aliphatic carbocycles. The van der Waals surface area contributed by atoms with Gasteiger partial charge in [-0.2, -0.15) is 0 Å². The first-order chi connectivity index (χ1) is 4.91. The maximum Gasteiger partial charge on any atom is 0.0386 e. The van der Waals surface area contributed by atoms with Gasteiger partial charge in [-0.15, -0.1) is 0 Å². The molecule has 0 N–H and O–H groups in total. The van der Waals surface area contributed by atoms with Crippen LogP contribution in [0.15, 0.2) is 17.1 Å². The maximum absolute atomic E-state index is 4.15. The molecule has 1 nitrogen and oxygen atoms in total. The van der Waals surface area contributed by atoms with Crippen LogP contribution in [-0.2, 0) is 0 Å². The average molecular weight is 139 g/mol. The van der Waals surface area contributed by atoms with Crippen LogP contribution in [0.5, 0.6) is 0 Å². The van der Waals surface area contributed by atoms with Gasteiger partial charge in [-0.25, -0.2) is 0 Å². The Kier molecular flexibility index (Phi) is 7.91. The first kappa shape index (κ1) is 9.41. The topological polar surface area (TPSA) is 12.4 Å². The van der Waals surface area contributed by atoms with Crippen LogP contribution in [0.3, 0.4) is 0 Å². The largest absolute Gasteiger partial charge is 0.293 e. The molecular weight excluding hydrogens is 122 g/mol. The molecule has 0 rings (SSSR count). The molecule has 0 saturated heterocycles. The van der Waals surface area contributed by atoms with Crippen LogP contribution in [0.4, 0.5) is 0 Å².